The molecule has 2 rings (SSSR count). The number of hydrogen-bond acceptors (Lipinski definition) is 2. The van der Waals surface area contributed by atoms with Crippen LogP contribution in [0.15, 0.2) is 24.3 Å². The summed E-state index contributed by atoms with van der Waals surface area (Å²) in [7, 11) is 0. The summed E-state index contributed by atoms with van der Waals surface area (Å²) >= 11 is 0. The Morgan fingerprint density at radius 1 is 1.44 bits per heavy atom. The number of hydrogen-bond donors (Lipinski definition) is 2. The molecule has 1 aliphatic carbocycles. The minimum atomic E-state index is -0.256. The fraction of sp³-hybridized carbons (Fsp3) is 0.600. The van der Waals surface area contributed by atoms with Crippen molar-refractivity contribution in [3.05, 3.63) is 35.6 Å². The van der Waals surface area contributed by atoms with Crippen molar-refractivity contribution in [1.82, 2.24) is 5.32 Å². The molecule has 1 aromatic carbocycles. The number of aliphatic hydroxyl groups excluding tert-OH is 1. The average Bonchev–Trinajstić information content (AvgIpc) is 2.35. The Morgan fingerprint density at radius 3 is 2.61 bits per heavy atom. The standard InChI is InChI=1S/C15H22FNO/c1-4-12(10-7-5-6-8-11(10)16)17-13-9-14(18)15(13,2)3/h5-8,12-14,17-18H,4,9H2,1-3H3. The molecule has 0 amide bonds. The highest BCUT2D eigenvalue weighted by Gasteiger charge is 2.47. The van der Waals surface area contributed by atoms with Crippen molar-refractivity contribution in [2.75, 3.05) is 0 Å². The molecule has 3 unspecified atom stereocenters. The molecule has 1 aliphatic rings. The van der Waals surface area contributed by atoms with Crippen molar-refractivity contribution in [2.24, 2.45) is 5.41 Å². The van der Waals surface area contributed by atoms with Gasteiger partial charge in [0.05, 0.1) is 6.10 Å². The Kier molecular flexibility index (Phi) is 3.74. The normalized spacial score (nSPS) is 27.6. The molecular weight excluding hydrogens is 229 g/mol. The van der Waals surface area contributed by atoms with Crippen LogP contribution >= 0.6 is 0 Å². The van der Waals surface area contributed by atoms with Crippen LogP contribution in [-0.4, -0.2) is 17.3 Å². The summed E-state index contributed by atoms with van der Waals surface area (Å²) in [5.41, 5.74) is 0.593. The maximum atomic E-state index is 13.8. The maximum Gasteiger partial charge on any atom is 0.127 e. The van der Waals surface area contributed by atoms with Gasteiger partial charge in [-0.15, -0.1) is 0 Å². The van der Waals surface area contributed by atoms with Crippen LogP contribution in [0.5, 0.6) is 0 Å². The molecule has 18 heavy (non-hydrogen) atoms. The van der Waals surface area contributed by atoms with Gasteiger partial charge in [-0.3, -0.25) is 0 Å². The molecular formula is C15H22FNO. The number of benzene rings is 1. The van der Waals surface area contributed by atoms with Crippen LogP contribution in [0.2, 0.25) is 0 Å². The molecule has 1 saturated carbocycles. The Labute approximate surface area is 108 Å². The van der Waals surface area contributed by atoms with Gasteiger partial charge in [-0.1, -0.05) is 39.0 Å². The first-order chi connectivity index (χ1) is 8.46. The molecule has 3 atom stereocenters. The van der Waals surface area contributed by atoms with Crippen molar-refractivity contribution in [1.29, 1.82) is 0 Å². The second kappa shape index (κ2) is 4.98. The smallest absolute Gasteiger partial charge is 0.127 e. The molecule has 1 aromatic rings. The third-order valence-corrected chi connectivity index (χ3v) is 4.31. The molecule has 0 aliphatic heterocycles. The Hall–Kier alpha value is -0.930. The van der Waals surface area contributed by atoms with E-state index in [0.29, 0.717) is 0 Å². The predicted molar refractivity (Wildman–Crippen MR) is 70.8 cm³/mol. The largest absolute Gasteiger partial charge is 0.392 e. The molecule has 3 heteroatoms. The topological polar surface area (TPSA) is 32.3 Å². The molecule has 100 valence electrons. The quantitative estimate of drug-likeness (QED) is 0.862. The zero-order valence-electron chi connectivity index (χ0n) is 11.3. The first-order valence-corrected chi connectivity index (χ1v) is 6.65. The fourth-order valence-corrected chi connectivity index (χ4v) is 2.61. The first-order valence-electron chi connectivity index (χ1n) is 6.65. The van der Waals surface area contributed by atoms with Gasteiger partial charge in [0.1, 0.15) is 5.82 Å². The third-order valence-electron chi connectivity index (χ3n) is 4.31. The molecule has 2 N–H and O–H groups in total. The molecule has 1 fully saturated rings. The molecule has 0 saturated heterocycles. The van der Waals surface area contributed by atoms with E-state index in [4.69, 9.17) is 0 Å². The van der Waals surface area contributed by atoms with Crippen LogP contribution in [-0.2, 0) is 0 Å². The maximum absolute atomic E-state index is 13.8. The summed E-state index contributed by atoms with van der Waals surface area (Å²) in [6.07, 6.45) is 1.33. The van der Waals surface area contributed by atoms with Gasteiger partial charge in [0.2, 0.25) is 0 Å². The van der Waals surface area contributed by atoms with Crippen molar-refractivity contribution in [2.45, 2.75) is 51.8 Å². The van der Waals surface area contributed by atoms with Crippen molar-refractivity contribution in [3.8, 4) is 0 Å². The van der Waals surface area contributed by atoms with Crippen LogP contribution in [0, 0.1) is 11.2 Å². The van der Waals surface area contributed by atoms with Crippen molar-refractivity contribution < 1.29 is 9.50 Å². The number of nitrogens with one attached hydrogen (secondary N) is 1. The van der Waals surface area contributed by atoms with Crippen LogP contribution in [0.25, 0.3) is 0 Å². The van der Waals surface area contributed by atoms with Crippen molar-refractivity contribution in [3.63, 3.8) is 0 Å². The van der Waals surface area contributed by atoms with E-state index in [1.165, 1.54) is 6.07 Å². The van der Waals surface area contributed by atoms with E-state index in [-0.39, 0.29) is 29.4 Å². The van der Waals surface area contributed by atoms with E-state index >= 15 is 0 Å². The van der Waals surface area contributed by atoms with Gasteiger partial charge in [0.15, 0.2) is 0 Å². The van der Waals surface area contributed by atoms with Gasteiger partial charge in [0, 0.05) is 23.1 Å². The summed E-state index contributed by atoms with van der Waals surface area (Å²) in [6.45, 7) is 6.14. The Bertz CT molecular complexity index is 419. The van der Waals surface area contributed by atoms with E-state index < -0.39 is 0 Å². The van der Waals surface area contributed by atoms with E-state index in [2.05, 4.69) is 5.32 Å². The number of aliphatic hydroxyl groups is 1. The van der Waals surface area contributed by atoms with Crippen LogP contribution in [0.3, 0.4) is 0 Å². The predicted octanol–water partition coefficient (Wildman–Crippen LogP) is 3.03. The summed E-state index contributed by atoms with van der Waals surface area (Å²) in [6, 6.07) is 7.17. The average molecular weight is 251 g/mol. The zero-order valence-corrected chi connectivity index (χ0v) is 11.3. The molecule has 0 spiro atoms. The van der Waals surface area contributed by atoms with Gasteiger partial charge in [-0.25, -0.2) is 4.39 Å². The van der Waals surface area contributed by atoms with E-state index in [9.17, 15) is 9.50 Å². The lowest BCUT2D eigenvalue weighted by atomic mass is 9.64. The highest BCUT2D eigenvalue weighted by Crippen LogP contribution is 2.41. The van der Waals surface area contributed by atoms with Gasteiger partial charge in [-0.2, -0.15) is 0 Å². The number of halogens is 1. The second-order valence-electron chi connectivity index (χ2n) is 5.77. The lowest BCUT2D eigenvalue weighted by Gasteiger charge is -2.51. The van der Waals surface area contributed by atoms with Gasteiger partial charge in [-0.05, 0) is 18.9 Å². The van der Waals surface area contributed by atoms with Crippen LogP contribution in [0.4, 0.5) is 4.39 Å². The Balaban J connectivity index is 2.10. The fourth-order valence-electron chi connectivity index (χ4n) is 2.61. The minimum absolute atomic E-state index is 0.0166. The van der Waals surface area contributed by atoms with Crippen LogP contribution < -0.4 is 5.32 Å². The van der Waals surface area contributed by atoms with E-state index in [0.717, 1.165) is 18.4 Å². The molecule has 2 nitrogen and oxygen atoms in total. The summed E-state index contributed by atoms with van der Waals surface area (Å²) < 4.78 is 13.8. The monoisotopic (exact) mass is 251 g/mol. The summed E-state index contributed by atoms with van der Waals surface area (Å²) in [5.74, 6) is -0.158. The van der Waals surface area contributed by atoms with E-state index in [1.54, 1.807) is 6.07 Å². The molecule has 0 bridgehead atoms. The Morgan fingerprint density at radius 2 is 2.11 bits per heavy atom. The summed E-state index contributed by atoms with van der Waals surface area (Å²) in [4.78, 5) is 0. The minimum Gasteiger partial charge on any atom is -0.392 e. The summed E-state index contributed by atoms with van der Waals surface area (Å²) in [5, 5.41) is 13.2. The van der Waals surface area contributed by atoms with Gasteiger partial charge in [0.25, 0.3) is 0 Å². The lowest BCUT2D eigenvalue weighted by Crippen LogP contribution is -2.60. The molecule has 0 aromatic heterocycles. The first kappa shape index (κ1) is 13.5. The number of rotatable bonds is 4. The highest BCUT2D eigenvalue weighted by atomic mass is 19.1. The molecule has 0 heterocycles. The van der Waals surface area contributed by atoms with Gasteiger partial charge < -0.3 is 10.4 Å². The van der Waals surface area contributed by atoms with Crippen molar-refractivity contribution >= 4 is 0 Å². The SMILES string of the molecule is CCC(NC1CC(O)C1(C)C)c1ccccc1F. The zero-order chi connectivity index (χ0) is 13.3. The third kappa shape index (κ3) is 2.29. The van der Waals surface area contributed by atoms with Gasteiger partial charge >= 0.3 is 0 Å². The highest BCUT2D eigenvalue weighted by molar-refractivity contribution is 5.22. The lowest BCUT2D eigenvalue weighted by molar-refractivity contribution is -0.0763. The van der Waals surface area contributed by atoms with E-state index in [1.807, 2.05) is 32.9 Å². The molecule has 0 radical (unpaired) electrons. The van der Waals surface area contributed by atoms with Crippen LogP contribution in [0.1, 0.15) is 45.2 Å². The second-order valence-corrected chi connectivity index (χ2v) is 5.77.